The second kappa shape index (κ2) is 5.16. The molecule has 1 amide bonds. The summed E-state index contributed by atoms with van der Waals surface area (Å²) in [4.78, 5) is 11.6. The van der Waals surface area contributed by atoms with Crippen LogP contribution >= 0.6 is 0 Å². The van der Waals surface area contributed by atoms with Crippen LogP contribution in [-0.2, 0) is 0 Å². The zero-order valence-corrected chi connectivity index (χ0v) is 9.58. The number of carbonyl (C=O) groups is 1. The van der Waals surface area contributed by atoms with Gasteiger partial charge in [-0.3, -0.25) is 4.79 Å². The van der Waals surface area contributed by atoms with Gasteiger partial charge >= 0.3 is 0 Å². The molecule has 2 rings (SSSR count). The molecule has 1 saturated heterocycles. The predicted octanol–water partition coefficient (Wildman–Crippen LogP) is 1.32. The number of nitrogens with one attached hydrogen (secondary N) is 2. The third-order valence-corrected chi connectivity index (χ3v) is 2.96. The summed E-state index contributed by atoms with van der Waals surface area (Å²) in [6, 6.07) is 3.51. The van der Waals surface area contributed by atoms with Crippen LogP contribution in [0.2, 0.25) is 0 Å². The summed E-state index contributed by atoms with van der Waals surface area (Å²) in [7, 11) is 0. The van der Waals surface area contributed by atoms with Gasteiger partial charge in [-0.15, -0.1) is 0 Å². The van der Waals surface area contributed by atoms with Crippen LogP contribution in [0.1, 0.15) is 29.2 Å². The summed E-state index contributed by atoms with van der Waals surface area (Å²) < 4.78 is 5.24. The molecule has 0 bridgehead atoms. The molecule has 4 nitrogen and oxygen atoms in total. The Balaban J connectivity index is 1.71. The molecule has 1 aromatic rings. The van der Waals surface area contributed by atoms with Gasteiger partial charge in [0.25, 0.3) is 5.91 Å². The first-order valence-corrected chi connectivity index (χ1v) is 5.81. The monoisotopic (exact) mass is 222 g/mol. The fourth-order valence-corrected chi connectivity index (χ4v) is 1.99. The molecule has 0 spiro atoms. The highest BCUT2D eigenvalue weighted by Crippen LogP contribution is 2.11. The Labute approximate surface area is 95.4 Å². The van der Waals surface area contributed by atoms with Crippen molar-refractivity contribution in [2.45, 2.75) is 19.8 Å². The molecule has 1 atom stereocenters. The molecule has 0 aromatic carbocycles. The van der Waals surface area contributed by atoms with Crippen molar-refractivity contribution in [3.8, 4) is 0 Å². The number of aryl methyl sites for hydroxylation is 1. The quantitative estimate of drug-likeness (QED) is 0.807. The van der Waals surface area contributed by atoms with Crippen molar-refractivity contribution in [2.24, 2.45) is 5.92 Å². The first-order valence-electron chi connectivity index (χ1n) is 5.81. The first kappa shape index (κ1) is 11.2. The second-order valence-electron chi connectivity index (χ2n) is 4.31. The zero-order chi connectivity index (χ0) is 11.4. The summed E-state index contributed by atoms with van der Waals surface area (Å²) in [5.74, 6) is 1.77. The lowest BCUT2D eigenvalue weighted by atomic mass is 10.1. The van der Waals surface area contributed by atoms with Gasteiger partial charge in [-0.05, 0) is 50.9 Å². The van der Waals surface area contributed by atoms with Crippen LogP contribution < -0.4 is 10.6 Å². The third-order valence-electron chi connectivity index (χ3n) is 2.96. The minimum absolute atomic E-state index is 0.112. The lowest BCUT2D eigenvalue weighted by Gasteiger charge is -2.08. The summed E-state index contributed by atoms with van der Waals surface area (Å²) in [5.41, 5.74) is 0. The lowest BCUT2D eigenvalue weighted by Crippen LogP contribution is -2.26. The molecule has 2 N–H and O–H groups in total. The molecule has 16 heavy (non-hydrogen) atoms. The van der Waals surface area contributed by atoms with E-state index in [0.29, 0.717) is 11.7 Å². The number of carbonyl (C=O) groups excluding carboxylic acids is 1. The topological polar surface area (TPSA) is 54.3 Å². The van der Waals surface area contributed by atoms with Gasteiger partial charge < -0.3 is 15.1 Å². The van der Waals surface area contributed by atoms with E-state index < -0.39 is 0 Å². The Kier molecular flexibility index (Phi) is 3.62. The minimum atomic E-state index is -0.112. The molecule has 1 unspecified atom stereocenters. The Bertz CT molecular complexity index is 354. The van der Waals surface area contributed by atoms with E-state index in [1.165, 1.54) is 6.42 Å². The molecular formula is C12H18N2O2. The number of hydrogen-bond acceptors (Lipinski definition) is 3. The van der Waals surface area contributed by atoms with Crippen molar-refractivity contribution in [2.75, 3.05) is 19.6 Å². The first-order chi connectivity index (χ1) is 7.75. The predicted molar refractivity (Wildman–Crippen MR) is 61.4 cm³/mol. The average Bonchev–Trinajstić information content (AvgIpc) is 2.89. The SMILES string of the molecule is Cc1ccc(C(=O)NCCC2CCNC2)o1. The van der Waals surface area contributed by atoms with E-state index in [1.54, 1.807) is 12.1 Å². The van der Waals surface area contributed by atoms with Crippen molar-refractivity contribution >= 4 is 5.91 Å². The fourth-order valence-electron chi connectivity index (χ4n) is 1.99. The van der Waals surface area contributed by atoms with Crippen LogP contribution in [0, 0.1) is 12.8 Å². The van der Waals surface area contributed by atoms with Crippen LogP contribution in [0.3, 0.4) is 0 Å². The molecule has 1 fully saturated rings. The van der Waals surface area contributed by atoms with Gasteiger partial charge in [0, 0.05) is 6.54 Å². The van der Waals surface area contributed by atoms with Crippen LogP contribution in [-0.4, -0.2) is 25.5 Å². The van der Waals surface area contributed by atoms with Crippen molar-refractivity contribution in [3.63, 3.8) is 0 Å². The van der Waals surface area contributed by atoms with Crippen LogP contribution in [0.5, 0.6) is 0 Å². The van der Waals surface area contributed by atoms with E-state index in [1.807, 2.05) is 6.92 Å². The largest absolute Gasteiger partial charge is 0.456 e. The molecule has 4 heteroatoms. The van der Waals surface area contributed by atoms with Gasteiger partial charge in [0.2, 0.25) is 0 Å². The van der Waals surface area contributed by atoms with E-state index >= 15 is 0 Å². The maximum atomic E-state index is 11.6. The Morgan fingerprint density at radius 2 is 2.50 bits per heavy atom. The maximum Gasteiger partial charge on any atom is 0.286 e. The highest BCUT2D eigenvalue weighted by molar-refractivity contribution is 5.91. The van der Waals surface area contributed by atoms with Crippen molar-refractivity contribution in [1.82, 2.24) is 10.6 Å². The Morgan fingerprint density at radius 3 is 3.12 bits per heavy atom. The van der Waals surface area contributed by atoms with Crippen molar-refractivity contribution in [3.05, 3.63) is 23.7 Å². The smallest absolute Gasteiger partial charge is 0.286 e. The summed E-state index contributed by atoms with van der Waals surface area (Å²) >= 11 is 0. The number of furan rings is 1. The molecule has 2 heterocycles. The minimum Gasteiger partial charge on any atom is -0.456 e. The third kappa shape index (κ3) is 2.85. The van der Waals surface area contributed by atoms with E-state index in [-0.39, 0.29) is 5.91 Å². The number of hydrogen-bond donors (Lipinski definition) is 2. The number of rotatable bonds is 4. The molecular weight excluding hydrogens is 204 g/mol. The van der Waals surface area contributed by atoms with Crippen LogP contribution in [0.4, 0.5) is 0 Å². The van der Waals surface area contributed by atoms with Gasteiger partial charge in [-0.2, -0.15) is 0 Å². The average molecular weight is 222 g/mol. The summed E-state index contributed by atoms with van der Waals surface area (Å²) in [5, 5.41) is 6.19. The highest BCUT2D eigenvalue weighted by atomic mass is 16.3. The van der Waals surface area contributed by atoms with Gasteiger partial charge in [-0.1, -0.05) is 0 Å². The van der Waals surface area contributed by atoms with Gasteiger partial charge in [0.1, 0.15) is 5.76 Å². The fraction of sp³-hybridized carbons (Fsp3) is 0.583. The zero-order valence-electron chi connectivity index (χ0n) is 9.58. The van der Waals surface area contributed by atoms with Gasteiger partial charge in [0.15, 0.2) is 5.76 Å². The lowest BCUT2D eigenvalue weighted by molar-refractivity contribution is 0.0922. The van der Waals surface area contributed by atoms with E-state index in [2.05, 4.69) is 10.6 Å². The van der Waals surface area contributed by atoms with E-state index in [0.717, 1.165) is 31.8 Å². The second-order valence-corrected chi connectivity index (χ2v) is 4.31. The summed E-state index contributed by atoms with van der Waals surface area (Å²) in [6.45, 7) is 4.75. The molecule has 0 saturated carbocycles. The maximum absolute atomic E-state index is 11.6. The van der Waals surface area contributed by atoms with Crippen LogP contribution in [0.25, 0.3) is 0 Å². The van der Waals surface area contributed by atoms with Crippen molar-refractivity contribution < 1.29 is 9.21 Å². The highest BCUT2D eigenvalue weighted by Gasteiger charge is 2.15. The Hall–Kier alpha value is -1.29. The van der Waals surface area contributed by atoms with Gasteiger partial charge in [0.05, 0.1) is 0 Å². The molecule has 1 aliphatic heterocycles. The molecule has 0 aliphatic carbocycles. The van der Waals surface area contributed by atoms with Crippen LogP contribution in [0.15, 0.2) is 16.5 Å². The Morgan fingerprint density at radius 1 is 1.62 bits per heavy atom. The number of amides is 1. The van der Waals surface area contributed by atoms with Crippen molar-refractivity contribution in [1.29, 1.82) is 0 Å². The molecule has 1 aromatic heterocycles. The molecule has 88 valence electrons. The van der Waals surface area contributed by atoms with E-state index in [4.69, 9.17) is 4.42 Å². The molecule has 1 aliphatic rings. The van der Waals surface area contributed by atoms with Gasteiger partial charge in [-0.25, -0.2) is 0 Å². The van der Waals surface area contributed by atoms with E-state index in [9.17, 15) is 4.79 Å². The summed E-state index contributed by atoms with van der Waals surface area (Å²) in [6.07, 6.45) is 2.26. The molecule has 0 radical (unpaired) electrons. The standard InChI is InChI=1S/C12H18N2O2/c1-9-2-3-11(16-9)12(15)14-7-5-10-4-6-13-8-10/h2-3,10,13H,4-8H2,1H3,(H,14,15). The normalized spacial score (nSPS) is 19.9.